The van der Waals surface area contributed by atoms with Gasteiger partial charge in [-0.15, -0.1) is 0 Å². The normalized spacial score (nSPS) is 11.2. The Morgan fingerprint density at radius 3 is 2.56 bits per heavy atom. The van der Waals surface area contributed by atoms with E-state index in [1.807, 2.05) is 0 Å². The largest absolute Gasteiger partial charge is 0.399 e. The van der Waals surface area contributed by atoms with Crippen molar-refractivity contribution in [1.29, 1.82) is 0 Å². The number of nitrogen functional groups attached to an aromatic ring is 1. The number of halogens is 2. The summed E-state index contributed by atoms with van der Waals surface area (Å²) in [6.07, 6.45) is 1.37. The topological polar surface area (TPSA) is 110 Å². The molecule has 0 unspecified atom stereocenters. The van der Waals surface area contributed by atoms with Gasteiger partial charge in [-0.1, -0.05) is 29.8 Å². The SMILES string of the molecule is Nc1cccc(CS(=O)(=O)Nc2cccc(Nc3nc(Cl)ncc3Cl)c2)c1. The predicted octanol–water partition coefficient (Wildman–Crippen LogP) is 4.05. The van der Waals surface area contributed by atoms with Crippen LogP contribution in [0.3, 0.4) is 0 Å². The molecule has 4 N–H and O–H groups in total. The average Bonchev–Trinajstić information content (AvgIpc) is 2.57. The minimum Gasteiger partial charge on any atom is -0.399 e. The van der Waals surface area contributed by atoms with Crippen LogP contribution in [0.4, 0.5) is 22.9 Å². The molecule has 0 aliphatic carbocycles. The minimum atomic E-state index is -3.62. The van der Waals surface area contributed by atoms with E-state index < -0.39 is 10.0 Å². The van der Waals surface area contributed by atoms with E-state index in [9.17, 15) is 8.42 Å². The number of sulfonamides is 1. The minimum absolute atomic E-state index is 0.0425. The van der Waals surface area contributed by atoms with Crippen molar-refractivity contribution in [1.82, 2.24) is 9.97 Å². The first kappa shape index (κ1) is 19.2. The van der Waals surface area contributed by atoms with Crippen LogP contribution in [0, 0.1) is 0 Å². The molecule has 0 saturated heterocycles. The van der Waals surface area contributed by atoms with Gasteiger partial charge in [0.25, 0.3) is 0 Å². The van der Waals surface area contributed by atoms with Gasteiger partial charge in [-0.25, -0.2) is 13.4 Å². The van der Waals surface area contributed by atoms with E-state index in [2.05, 4.69) is 20.0 Å². The van der Waals surface area contributed by atoms with Crippen molar-refractivity contribution >= 4 is 56.1 Å². The monoisotopic (exact) mass is 423 g/mol. The lowest BCUT2D eigenvalue weighted by molar-refractivity contribution is 0.600. The molecule has 0 fully saturated rings. The second-order valence-electron chi connectivity index (χ2n) is 5.65. The highest BCUT2D eigenvalue weighted by Gasteiger charge is 2.13. The number of nitrogens with two attached hydrogens (primary N) is 1. The zero-order valence-electron chi connectivity index (χ0n) is 13.9. The van der Waals surface area contributed by atoms with Crippen molar-refractivity contribution in [2.45, 2.75) is 5.75 Å². The van der Waals surface area contributed by atoms with Crippen LogP contribution in [-0.4, -0.2) is 18.4 Å². The number of hydrogen-bond donors (Lipinski definition) is 3. The third-order valence-electron chi connectivity index (χ3n) is 3.42. The fraction of sp³-hybridized carbons (Fsp3) is 0.0588. The molecule has 0 aliphatic rings. The number of rotatable bonds is 6. The van der Waals surface area contributed by atoms with Gasteiger partial charge in [0, 0.05) is 11.4 Å². The Hall–Kier alpha value is -2.55. The summed E-state index contributed by atoms with van der Waals surface area (Å²) in [5, 5.41) is 3.30. The first-order chi connectivity index (χ1) is 12.8. The van der Waals surface area contributed by atoms with Crippen molar-refractivity contribution in [3.63, 3.8) is 0 Å². The van der Waals surface area contributed by atoms with Gasteiger partial charge >= 0.3 is 0 Å². The maximum Gasteiger partial charge on any atom is 0.236 e. The van der Waals surface area contributed by atoms with Crippen LogP contribution in [-0.2, 0) is 15.8 Å². The first-order valence-corrected chi connectivity index (χ1v) is 10.1. The quantitative estimate of drug-likeness (QED) is 0.407. The summed E-state index contributed by atoms with van der Waals surface area (Å²) < 4.78 is 27.4. The van der Waals surface area contributed by atoms with Crippen molar-refractivity contribution in [3.8, 4) is 0 Å². The van der Waals surface area contributed by atoms with Crippen molar-refractivity contribution in [3.05, 3.63) is 70.6 Å². The number of hydrogen-bond acceptors (Lipinski definition) is 6. The van der Waals surface area contributed by atoms with Gasteiger partial charge in [0.1, 0.15) is 5.02 Å². The number of benzene rings is 2. The van der Waals surface area contributed by atoms with Gasteiger partial charge in [-0.2, -0.15) is 4.98 Å². The van der Waals surface area contributed by atoms with E-state index in [4.69, 9.17) is 28.9 Å². The maximum absolute atomic E-state index is 12.4. The smallest absolute Gasteiger partial charge is 0.236 e. The van der Waals surface area contributed by atoms with Crippen molar-refractivity contribution < 1.29 is 8.42 Å². The predicted molar refractivity (Wildman–Crippen MR) is 109 cm³/mol. The number of nitrogens with zero attached hydrogens (tertiary/aromatic N) is 2. The van der Waals surface area contributed by atoms with E-state index >= 15 is 0 Å². The zero-order valence-corrected chi connectivity index (χ0v) is 16.2. The summed E-state index contributed by atoms with van der Waals surface area (Å²) in [7, 11) is -3.62. The van der Waals surface area contributed by atoms with Gasteiger partial charge in [0.15, 0.2) is 5.82 Å². The molecule has 0 saturated carbocycles. The molecule has 2 aromatic carbocycles. The molecule has 27 heavy (non-hydrogen) atoms. The highest BCUT2D eigenvalue weighted by atomic mass is 35.5. The Morgan fingerprint density at radius 2 is 1.78 bits per heavy atom. The van der Waals surface area contributed by atoms with Crippen LogP contribution in [0.5, 0.6) is 0 Å². The van der Waals surface area contributed by atoms with Crippen molar-refractivity contribution in [2.75, 3.05) is 15.8 Å². The summed E-state index contributed by atoms with van der Waals surface area (Å²) in [5.41, 5.74) is 7.77. The first-order valence-electron chi connectivity index (χ1n) is 7.71. The van der Waals surface area contributed by atoms with Gasteiger partial charge in [-0.3, -0.25) is 4.72 Å². The Labute approximate surface area is 166 Å². The zero-order chi connectivity index (χ0) is 19.4. The van der Waals surface area contributed by atoms with Gasteiger partial charge in [-0.05, 0) is 47.5 Å². The average molecular weight is 424 g/mol. The van der Waals surface area contributed by atoms with Gasteiger partial charge < -0.3 is 11.1 Å². The Kier molecular flexibility index (Phi) is 5.69. The molecule has 140 valence electrons. The molecule has 0 amide bonds. The lowest BCUT2D eigenvalue weighted by Gasteiger charge is -2.11. The third kappa shape index (κ3) is 5.46. The van der Waals surface area contributed by atoms with Gasteiger partial charge in [0.05, 0.1) is 17.6 Å². The summed E-state index contributed by atoms with van der Waals surface area (Å²) in [4.78, 5) is 7.77. The van der Waals surface area contributed by atoms with E-state index in [0.717, 1.165) is 0 Å². The van der Waals surface area contributed by atoms with Crippen LogP contribution >= 0.6 is 23.2 Å². The molecule has 3 aromatic rings. The maximum atomic E-state index is 12.4. The molecular weight excluding hydrogens is 409 g/mol. The Balaban J connectivity index is 1.76. The molecule has 7 nitrogen and oxygen atoms in total. The van der Waals surface area contributed by atoms with Crippen molar-refractivity contribution in [2.24, 2.45) is 0 Å². The number of nitrogens with one attached hydrogen (secondary N) is 2. The second kappa shape index (κ2) is 7.99. The highest BCUT2D eigenvalue weighted by molar-refractivity contribution is 7.91. The van der Waals surface area contributed by atoms with Crippen LogP contribution in [0.1, 0.15) is 5.56 Å². The van der Waals surface area contributed by atoms with Crippen LogP contribution in [0.25, 0.3) is 0 Å². The molecule has 10 heteroatoms. The van der Waals surface area contributed by atoms with E-state index in [1.54, 1.807) is 48.5 Å². The molecule has 0 atom stereocenters. The summed E-state index contributed by atoms with van der Waals surface area (Å²) in [6, 6.07) is 13.4. The molecule has 0 aliphatic heterocycles. The second-order valence-corrected chi connectivity index (χ2v) is 8.12. The Morgan fingerprint density at radius 1 is 1.04 bits per heavy atom. The lowest BCUT2D eigenvalue weighted by Crippen LogP contribution is -2.15. The summed E-state index contributed by atoms with van der Waals surface area (Å²) in [5.74, 6) is 0.125. The molecule has 0 spiro atoms. The Bertz CT molecular complexity index is 1080. The standard InChI is InChI=1S/C17H15Cl2N5O2S/c18-15-9-21-17(19)23-16(15)22-13-5-2-6-14(8-13)24-27(25,26)10-11-3-1-4-12(20)7-11/h1-9,24H,10,20H2,(H,21,22,23). The molecule has 3 rings (SSSR count). The molecule has 1 aromatic heterocycles. The van der Waals surface area contributed by atoms with Crippen LogP contribution in [0.2, 0.25) is 10.3 Å². The summed E-state index contributed by atoms with van der Waals surface area (Å²) >= 11 is 11.8. The van der Waals surface area contributed by atoms with E-state index in [-0.39, 0.29) is 16.1 Å². The highest BCUT2D eigenvalue weighted by Crippen LogP contribution is 2.25. The molecule has 1 heterocycles. The number of aromatic nitrogens is 2. The molecular formula is C17H15Cl2N5O2S. The van der Waals surface area contributed by atoms with Crippen LogP contribution < -0.4 is 15.8 Å². The van der Waals surface area contributed by atoms with E-state index in [0.29, 0.717) is 28.4 Å². The third-order valence-corrected chi connectivity index (χ3v) is 5.14. The van der Waals surface area contributed by atoms with Gasteiger partial charge in [0.2, 0.25) is 15.3 Å². The summed E-state index contributed by atoms with van der Waals surface area (Å²) in [6.45, 7) is 0. The fourth-order valence-corrected chi connectivity index (χ4v) is 3.80. The number of anilines is 4. The molecule has 0 bridgehead atoms. The molecule has 0 radical (unpaired) electrons. The van der Waals surface area contributed by atoms with Crippen LogP contribution in [0.15, 0.2) is 54.7 Å². The van der Waals surface area contributed by atoms with E-state index in [1.165, 1.54) is 6.20 Å². The fourth-order valence-electron chi connectivity index (χ4n) is 2.35. The lowest BCUT2D eigenvalue weighted by atomic mass is 10.2.